The molecule has 0 aliphatic carbocycles. The lowest BCUT2D eigenvalue weighted by atomic mass is 9.91. The molecule has 0 aromatic heterocycles. The van der Waals surface area contributed by atoms with Gasteiger partial charge in [-0.3, -0.25) is 4.90 Å². The molecule has 34 heavy (non-hydrogen) atoms. The van der Waals surface area contributed by atoms with Crippen LogP contribution in [0.2, 0.25) is 0 Å². The van der Waals surface area contributed by atoms with Crippen LogP contribution in [0.5, 0.6) is 0 Å². The molecule has 184 valence electrons. The number of hydrogen-bond acceptors (Lipinski definition) is 7. The van der Waals surface area contributed by atoms with Gasteiger partial charge in [-0.2, -0.15) is 0 Å². The van der Waals surface area contributed by atoms with E-state index < -0.39 is 42.4 Å². The largest absolute Gasteiger partial charge is 0.478 e. The van der Waals surface area contributed by atoms with Gasteiger partial charge in [-0.1, -0.05) is 42.0 Å². The highest BCUT2D eigenvalue weighted by molar-refractivity contribution is 5.87. The lowest BCUT2D eigenvalue weighted by Gasteiger charge is -2.40. The van der Waals surface area contributed by atoms with Crippen molar-refractivity contribution in [1.29, 1.82) is 0 Å². The number of aliphatic hydroxyl groups is 4. The third-order valence-electron chi connectivity index (χ3n) is 5.67. The fourth-order valence-electron chi connectivity index (χ4n) is 3.81. The van der Waals surface area contributed by atoms with Crippen LogP contribution in [0.1, 0.15) is 34.6 Å². The highest BCUT2D eigenvalue weighted by Gasteiger charge is 2.49. The van der Waals surface area contributed by atoms with Gasteiger partial charge in [0.2, 0.25) is 0 Å². The lowest BCUT2D eigenvalue weighted by Crippen LogP contribution is -2.61. The molecule has 9 heteroatoms. The van der Waals surface area contributed by atoms with E-state index in [0.29, 0.717) is 17.7 Å². The quantitative estimate of drug-likeness (QED) is 0.353. The molecule has 0 radical (unpaired) electrons. The monoisotopic (exact) mass is 473 g/mol. The number of carboxylic acid groups (broad SMARTS) is 2. The summed E-state index contributed by atoms with van der Waals surface area (Å²) in [7, 11) is 0. The van der Waals surface area contributed by atoms with Crippen molar-refractivity contribution in [3.8, 4) is 0 Å². The zero-order chi connectivity index (χ0) is 25.4. The topological polar surface area (TPSA) is 159 Å². The van der Waals surface area contributed by atoms with Crippen LogP contribution in [0.4, 0.5) is 0 Å². The van der Waals surface area contributed by atoms with E-state index in [2.05, 4.69) is 0 Å². The minimum absolute atomic E-state index is 0.288. The van der Waals surface area contributed by atoms with Gasteiger partial charge in [-0.05, 0) is 43.7 Å². The Bertz CT molecular complexity index is 925. The van der Waals surface area contributed by atoms with E-state index in [1.54, 1.807) is 60.7 Å². The van der Waals surface area contributed by atoms with E-state index in [1.165, 1.54) is 0 Å². The molecule has 2 aromatic carbocycles. The zero-order valence-corrected chi connectivity index (χ0v) is 19.0. The number of rotatable bonds is 2. The second kappa shape index (κ2) is 12.4. The molecular formula is C25H31NO8. The van der Waals surface area contributed by atoms with Gasteiger partial charge < -0.3 is 30.6 Å². The van der Waals surface area contributed by atoms with Crippen LogP contribution in [0.25, 0.3) is 0 Å². The average molecular weight is 474 g/mol. The van der Waals surface area contributed by atoms with Crippen molar-refractivity contribution in [2.24, 2.45) is 0 Å². The first kappa shape index (κ1) is 27.2. The van der Waals surface area contributed by atoms with Crippen LogP contribution in [-0.4, -0.2) is 91.0 Å². The first-order chi connectivity index (χ1) is 16.0. The van der Waals surface area contributed by atoms with E-state index >= 15 is 0 Å². The summed E-state index contributed by atoms with van der Waals surface area (Å²) < 4.78 is 0. The summed E-state index contributed by atoms with van der Waals surface area (Å²) in [5.41, 5.74) is 2.57. The normalized spacial score (nSPS) is 25.7. The number of carbonyl (C=O) groups is 2. The first-order valence-electron chi connectivity index (χ1n) is 10.7. The Morgan fingerprint density at radius 3 is 1.56 bits per heavy atom. The van der Waals surface area contributed by atoms with Gasteiger partial charge >= 0.3 is 11.9 Å². The van der Waals surface area contributed by atoms with Gasteiger partial charge in [-0.25, -0.2) is 9.59 Å². The Balaban J connectivity index is 0.000000194. The number of allylic oxidation sites excluding steroid dienone is 1. The number of carboxylic acids is 2. The van der Waals surface area contributed by atoms with Crippen molar-refractivity contribution in [1.82, 2.24) is 4.90 Å². The summed E-state index contributed by atoms with van der Waals surface area (Å²) >= 11 is 0. The highest BCUT2D eigenvalue weighted by atomic mass is 16.4. The molecule has 2 heterocycles. The minimum atomic E-state index is -1.17. The summed E-state index contributed by atoms with van der Waals surface area (Å²) in [6, 6.07) is 16.1. The fourth-order valence-corrected chi connectivity index (χ4v) is 3.81. The summed E-state index contributed by atoms with van der Waals surface area (Å²) in [6.45, 7) is 4.66. The zero-order valence-electron chi connectivity index (χ0n) is 19.0. The van der Waals surface area contributed by atoms with Gasteiger partial charge in [0, 0.05) is 13.1 Å². The standard InChI is InChI=1S/C11H19NO4.2C7H6O2/c1-5(2)6-3-12-4-7(13)10(15)11(16)8(12)9(6)14;2*8-7(9)6-4-2-1-3-5-6/h7-11,13-16H,3-4H2,1-2H3;2*1-5H,(H,8,9). The second-order valence-electron chi connectivity index (χ2n) is 8.28. The predicted molar refractivity (Wildman–Crippen MR) is 125 cm³/mol. The van der Waals surface area contributed by atoms with Crippen molar-refractivity contribution in [3.63, 3.8) is 0 Å². The number of fused-ring (bicyclic) bond motifs is 1. The van der Waals surface area contributed by atoms with E-state index in [0.717, 1.165) is 11.1 Å². The first-order valence-corrected chi connectivity index (χ1v) is 10.7. The molecule has 2 aliphatic rings. The highest BCUT2D eigenvalue weighted by Crippen LogP contribution is 2.32. The van der Waals surface area contributed by atoms with Gasteiger partial charge in [-0.15, -0.1) is 0 Å². The van der Waals surface area contributed by atoms with Crippen molar-refractivity contribution < 1.29 is 40.2 Å². The fraction of sp³-hybridized carbons (Fsp3) is 0.360. The summed E-state index contributed by atoms with van der Waals surface area (Å²) in [6.07, 6.45) is -3.97. The molecule has 0 saturated carbocycles. The number of nitrogens with zero attached hydrogens (tertiary/aromatic N) is 1. The van der Waals surface area contributed by atoms with Crippen LogP contribution in [-0.2, 0) is 0 Å². The van der Waals surface area contributed by atoms with E-state index in [9.17, 15) is 30.0 Å². The van der Waals surface area contributed by atoms with Gasteiger partial charge in [0.05, 0.1) is 29.4 Å². The molecular weight excluding hydrogens is 442 g/mol. The minimum Gasteiger partial charge on any atom is -0.478 e. The summed E-state index contributed by atoms with van der Waals surface area (Å²) in [5, 5.41) is 55.8. The number of aromatic carboxylic acids is 2. The predicted octanol–water partition coefficient (Wildman–Crippen LogP) is 1.23. The van der Waals surface area contributed by atoms with E-state index in [1.807, 2.05) is 18.7 Å². The van der Waals surface area contributed by atoms with Crippen LogP contribution in [0.3, 0.4) is 0 Å². The number of aliphatic hydroxyl groups excluding tert-OH is 4. The number of hydrogen-bond donors (Lipinski definition) is 6. The number of benzene rings is 2. The Hall–Kier alpha value is -3.08. The van der Waals surface area contributed by atoms with Crippen LogP contribution < -0.4 is 0 Å². The molecule has 5 atom stereocenters. The third kappa shape index (κ3) is 6.96. The van der Waals surface area contributed by atoms with Crippen LogP contribution in [0, 0.1) is 0 Å². The van der Waals surface area contributed by atoms with Gasteiger partial charge in [0.25, 0.3) is 0 Å². The maximum atomic E-state index is 10.2. The molecule has 0 bridgehead atoms. The van der Waals surface area contributed by atoms with Crippen molar-refractivity contribution in [2.45, 2.75) is 44.3 Å². The summed E-state index contributed by atoms with van der Waals surface area (Å²) in [5.74, 6) is -1.76. The molecule has 2 fully saturated rings. The molecule has 4 rings (SSSR count). The smallest absolute Gasteiger partial charge is 0.335 e. The summed E-state index contributed by atoms with van der Waals surface area (Å²) in [4.78, 5) is 22.2. The Labute approximate surface area is 197 Å². The molecule has 2 aliphatic heterocycles. The molecule has 5 unspecified atom stereocenters. The molecule has 0 spiro atoms. The Kier molecular flexibility index (Phi) is 9.91. The lowest BCUT2D eigenvalue weighted by molar-refractivity contribution is -0.140. The van der Waals surface area contributed by atoms with E-state index in [-0.39, 0.29) is 6.54 Å². The third-order valence-corrected chi connectivity index (χ3v) is 5.67. The van der Waals surface area contributed by atoms with Crippen LogP contribution >= 0.6 is 0 Å². The SMILES string of the molecule is CC(C)=C1CN2CC(O)C(O)C(O)C2C1O.O=C(O)c1ccccc1.O=C(O)c1ccccc1. The molecule has 2 saturated heterocycles. The molecule has 9 nitrogen and oxygen atoms in total. The second-order valence-corrected chi connectivity index (χ2v) is 8.28. The average Bonchev–Trinajstić information content (AvgIpc) is 3.15. The number of piperidine rings is 1. The maximum Gasteiger partial charge on any atom is 0.335 e. The van der Waals surface area contributed by atoms with Crippen molar-refractivity contribution in [2.75, 3.05) is 13.1 Å². The Morgan fingerprint density at radius 1 is 0.765 bits per heavy atom. The van der Waals surface area contributed by atoms with E-state index in [4.69, 9.17) is 10.2 Å². The van der Waals surface area contributed by atoms with Crippen molar-refractivity contribution in [3.05, 3.63) is 82.9 Å². The Morgan fingerprint density at radius 2 is 1.21 bits per heavy atom. The molecule has 6 N–H and O–H groups in total. The molecule has 2 aromatic rings. The molecule has 0 amide bonds. The van der Waals surface area contributed by atoms with Crippen molar-refractivity contribution >= 4 is 11.9 Å². The van der Waals surface area contributed by atoms with Crippen LogP contribution in [0.15, 0.2) is 71.8 Å². The van der Waals surface area contributed by atoms with Gasteiger partial charge in [0.1, 0.15) is 12.2 Å². The van der Waals surface area contributed by atoms with Gasteiger partial charge in [0.15, 0.2) is 0 Å². The maximum absolute atomic E-state index is 10.2.